The Morgan fingerprint density at radius 2 is 1.61 bits per heavy atom. The third-order valence-electron chi connectivity index (χ3n) is 5.89. The fourth-order valence-electron chi connectivity index (χ4n) is 4.72. The lowest BCUT2D eigenvalue weighted by Gasteiger charge is -2.37. The normalized spacial score (nSPS) is 21.1. The summed E-state index contributed by atoms with van der Waals surface area (Å²) in [5.74, 6) is -2.70. The number of hydrogen-bond donors (Lipinski definition) is 1. The standard InChI is InChI=1S/C25H25F2N3O3/c1-14-10-15(2)13-29(12-14)23-22(17-4-7-19(8-5-17)28-16(3)31)24(32)30(25(23)33)21-9-6-18(26)11-20(21)27/h4-9,11,14-15H,10,12-13H2,1-3H3,(H,28,31). The highest BCUT2D eigenvalue weighted by atomic mass is 19.1. The van der Waals surface area contributed by atoms with Crippen molar-refractivity contribution < 1.29 is 23.2 Å². The zero-order valence-electron chi connectivity index (χ0n) is 18.7. The predicted molar refractivity (Wildman–Crippen MR) is 121 cm³/mol. The Morgan fingerprint density at radius 1 is 0.970 bits per heavy atom. The Morgan fingerprint density at radius 3 is 2.18 bits per heavy atom. The van der Waals surface area contributed by atoms with Crippen LogP contribution >= 0.6 is 0 Å². The number of imide groups is 1. The Bertz CT molecular complexity index is 1150. The second kappa shape index (κ2) is 8.77. The highest BCUT2D eigenvalue weighted by molar-refractivity contribution is 6.45. The fourth-order valence-corrected chi connectivity index (χ4v) is 4.72. The molecular weight excluding hydrogens is 428 g/mol. The number of likely N-dealkylation sites (tertiary alicyclic amines) is 1. The van der Waals surface area contributed by atoms with Gasteiger partial charge in [0.05, 0.1) is 11.3 Å². The number of carbonyl (C=O) groups is 3. The quantitative estimate of drug-likeness (QED) is 0.705. The van der Waals surface area contributed by atoms with Crippen LogP contribution in [0.2, 0.25) is 0 Å². The minimum atomic E-state index is -0.987. The molecule has 0 bridgehead atoms. The average Bonchev–Trinajstić information content (AvgIpc) is 2.98. The molecule has 2 heterocycles. The second-order valence-electron chi connectivity index (χ2n) is 8.87. The van der Waals surface area contributed by atoms with Gasteiger partial charge in [0.2, 0.25) is 5.91 Å². The van der Waals surface area contributed by atoms with Gasteiger partial charge in [-0.25, -0.2) is 13.7 Å². The zero-order valence-corrected chi connectivity index (χ0v) is 18.7. The van der Waals surface area contributed by atoms with Crippen LogP contribution in [0.15, 0.2) is 48.2 Å². The molecule has 2 aromatic carbocycles. The topological polar surface area (TPSA) is 69.7 Å². The Kier molecular flexibility index (Phi) is 6.01. The van der Waals surface area contributed by atoms with Crippen molar-refractivity contribution in [3.63, 3.8) is 0 Å². The monoisotopic (exact) mass is 453 g/mol. The molecule has 0 radical (unpaired) electrons. The molecule has 1 N–H and O–H groups in total. The lowest BCUT2D eigenvalue weighted by atomic mass is 9.91. The summed E-state index contributed by atoms with van der Waals surface area (Å²) in [6.45, 7) is 6.74. The van der Waals surface area contributed by atoms with Crippen LogP contribution in [0.5, 0.6) is 0 Å². The molecule has 33 heavy (non-hydrogen) atoms. The first-order valence-electron chi connectivity index (χ1n) is 10.9. The molecule has 4 rings (SSSR count). The molecule has 172 valence electrons. The lowest BCUT2D eigenvalue weighted by Crippen LogP contribution is -2.42. The van der Waals surface area contributed by atoms with Crippen molar-refractivity contribution in [1.29, 1.82) is 0 Å². The molecule has 2 aliphatic heterocycles. The SMILES string of the molecule is CC(=O)Nc1ccc(C2=C(N3CC(C)CC(C)C3)C(=O)N(c3ccc(F)cc3F)C2=O)cc1. The van der Waals surface area contributed by atoms with Gasteiger partial charge in [0.1, 0.15) is 17.3 Å². The highest BCUT2D eigenvalue weighted by Gasteiger charge is 2.44. The summed E-state index contributed by atoms with van der Waals surface area (Å²) >= 11 is 0. The van der Waals surface area contributed by atoms with E-state index in [4.69, 9.17) is 0 Å². The van der Waals surface area contributed by atoms with E-state index in [1.54, 1.807) is 24.3 Å². The Balaban J connectivity index is 1.81. The van der Waals surface area contributed by atoms with E-state index in [-0.39, 0.29) is 22.9 Å². The first kappa shape index (κ1) is 22.6. The van der Waals surface area contributed by atoms with Gasteiger partial charge in [0.15, 0.2) is 0 Å². The second-order valence-corrected chi connectivity index (χ2v) is 8.87. The summed E-state index contributed by atoms with van der Waals surface area (Å²) in [6.07, 6.45) is 1.00. The maximum atomic E-state index is 14.6. The third kappa shape index (κ3) is 4.37. The van der Waals surface area contributed by atoms with E-state index in [0.717, 1.165) is 23.5 Å². The molecule has 0 saturated carbocycles. The molecule has 1 saturated heterocycles. The van der Waals surface area contributed by atoms with Gasteiger partial charge >= 0.3 is 0 Å². The third-order valence-corrected chi connectivity index (χ3v) is 5.89. The molecule has 0 spiro atoms. The first-order valence-corrected chi connectivity index (χ1v) is 10.9. The minimum absolute atomic E-state index is 0.166. The number of halogens is 2. The molecule has 2 atom stereocenters. The van der Waals surface area contributed by atoms with Crippen molar-refractivity contribution >= 4 is 34.7 Å². The minimum Gasteiger partial charge on any atom is -0.366 e. The fraction of sp³-hybridized carbons (Fsp3) is 0.320. The van der Waals surface area contributed by atoms with Gasteiger partial charge in [-0.2, -0.15) is 0 Å². The van der Waals surface area contributed by atoms with E-state index in [2.05, 4.69) is 19.2 Å². The van der Waals surface area contributed by atoms with Gasteiger partial charge in [-0.1, -0.05) is 26.0 Å². The van der Waals surface area contributed by atoms with Crippen LogP contribution in [-0.2, 0) is 14.4 Å². The zero-order chi connectivity index (χ0) is 23.9. The summed E-state index contributed by atoms with van der Waals surface area (Å²) in [5.41, 5.74) is 1.13. The first-order chi connectivity index (χ1) is 15.7. The van der Waals surface area contributed by atoms with Gasteiger partial charge in [0, 0.05) is 31.8 Å². The van der Waals surface area contributed by atoms with Gasteiger partial charge in [-0.3, -0.25) is 14.4 Å². The van der Waals surface area contributed by atoms with Gasteiger partial charge in [0.25, 0.3) is 11.8 Å². The van der Waals surface area contributed by atoms with Crippen LogP contribution in [-0.4, -0.2) is 35.7 Å². The number of nitrogens with zero attached hydrogens (tertiary/aromatic N) is 2. The molecule has 3 amide bonds. The molecular formula is C25H25F2N3O3. The molecule has 8 heteroatoms. The van der Waals surface area contributed by atoms with Crippen molar-refractivity contribution in [1.82, 2.24) is 4.90 Å². The van der Waals surface area contributed by atoms with Crippen LogP contribution in [0.3, 0.4) is 0 Å². The molecule has 1 fully saturated rings. The molecule has 2 unspecified atom stereocenters. The van der Waals surface area contributed by atoms with Crippen LogP contribution in [0.25, 0.3) is 5.57 Å². The predicted octanol–water partition coefficient (Wildman–Crippen LogP) is 4.19. The van der Waals surface area contributed by atoms with Crippen LogP contribution in [0.4, 0.5) is 20.2 Å². The number of amides is 3. The van der Waals surface area contributed by atoms with Crippen molar-refractivity contribution in [2.24, 2.45) is 11.8 Å². The van der Waals surface area contributed by atoms with E-state index in [0.29, 0.717) is 42.2 Å². The molecule has 0 aromatic heterocycles. The van der Waals surface area contributed by atoms with Crippen molar-refractivity contribution in [2.45, 2.75) is 27.2 Å². The average molecular weight is 453 g/mol. The summed E-state index contributed by atoms with van der Waals surface area (Å²) in [7, 11) is 0. The number of anilines is 2. The van der Waals surface area contributed by atoms with Gasteiger partial charge in [-0.15, -0.1) is 0 Å². The number of nitrogens with one attached hydrogen (secondary N) is 1. The van der Waals surface area contributed by atoms with E-state index in [1.807, 2.05) is 4.90 Å². The number of piperidine rings is 1. The highest BCUT2D eigenvalue weighted by Crippen LogP contribution is 2.38. The Hall–Kier alpha value is -3.55. The summed E-state index contributed by atoms with van der Waals surface area (Å²) in [4.78, 5) is 41.1. The van der Waals surface area contributed by atoms with E-state index >= 15 is 0 Å². The van der Waals surface area contributed by atoms with E-state index in [1.165, 1.54) is 6.92 Å². The Labute approximate surface area is 190 Å². The molecule has 2 aromatic rings. The van der Waals surface area contributed by atoms with Crippen molar-refractivity contribution in [3.05, 3.63) is 65.4 Å². The maximum Gasteiger partial charge on any atom is 0.282 e. The summed E-state index contributed by atoms with van der Waals surface area (Å²) in [5, 5.41) is 2.66. The number of carbonyl (C=O) groups excluding carboxylic acids is 3. The van der Waals surface area contributed by atoms with Crippen LogP contribution in [0.1, 0.15) is 32.8 Å². The maximum absolute atomic E-state index is 14.6. The van der Waals surface area contributed by atoms with E-state index < -0.39 is 23.4 Å². The van der Waals surface area contributed by atoms with Gasteiger partial charge < -0.3 is 10.2 Å². The molecule has 2 aliphatic rings. The lowest BCUT2D eigenvalue weighted by molar-refractivity contribution is -0.121. The number of benzene rings is 2. The van der Waals surface area contributed by atoms with Crippen LogP contribution < -0.4 is 10.2 Å². The van der Waals surface area contributed by atoms with Crippen molar-refractivity contribution in [2.75, 3.05) is 23.3 Å². The smallest absolute Gasteiger partial charge is 0.282 e. The summed E-state index contributed by atoms with van der Waals surface area (Å²) in [6, 6.07) is 9.34. The summed E-state index contributed by atoms with van der Waals surface area (Å²) < 4.78 is 28.1. The molecule has 0 aliphatic carbocycles. The number of hydrogen-bond acceptors (Lipinski definition) is 4. The largest absolute Gasteiger partial charge is 0.366 e. The number of rotatable bonds is 4. The molecule has 6 nitrogen and oxygen atoms in total. The van der Waals surface area contributed by atoms with Gasteiger partial charge in [-0.05, 0) is 48.1 Å². The van der Waals surface area contributed by atoms with Crippen LogP contribution in [0, 0.1) is 23.5 Å². The van der Waals surface area contributed by atoms with E-state index in [9.17, 15) is 23.2 Å². The van der Waals surface area contributed by atoms with Crippen molar-refractivity contribution in [3.8, 4) is 0 Å².